The van der Waals surface area contributed by atoms with E-state index in [1.54, 1.807) is 0 Å². The van der Waals surface area contributed by atoms with E-state index in [-0.39, 0.29) is 5.92 Å². The summed E-state index contributed by atoms with van der Waals surface area (Å²) in [7, 11) is -2.57. The summed E-state index contributed by atoms with van der Waals surface area (Å²) < 4.78 is 13.5. The van der Waals surface area contributed by atoms with E-state index >= 15 is 0 Å². The lowest BCUT2D eigenvalue weighted by atomic mass is 10.2. The fourth-order valence-corrected chi connectivity index (χ4v) is 5.17. The third-order valence-electron chi connectivity index (χ3n) is 3.29. The minimum absolute atomic E-state index is 0.228. The molecule has 0 fully saturated rings. The molecule has 0 heterocycles. The van der Waals surface area contributed by atoms with Gasteiger partial charge in [-0.25, -0.2) is 0 Å². The molecule has 0 radical (unpaired) electrons. The molecule has 0 N–H and O–H groups in total. The molecular weight excluding hydrogens is 251 g/mol. The largest absolute Gasteiger partial charge is 0.314 e. The van der Waals surface area contributed by atoms with Crippen LogP contribution in [0.4, 0.5) is 0 Å². The van der Waals surface area contributed by atoms with Crippen molar-refractivity contribution in [3.8, 4) is 0 Å². The van der Waals surface area contributed by atoms with Gasteiger partial charge >= 0.3 is 0 Å². The van der Waals surface area contributed by atoms with Gasteiger partial charge in [0.2, 0.25) is 0 Å². The van der Waals surface area contributed by atoms with Crippen molar-refractivity contribution in [2.75, 3.05) is 6.16 Å². The number of hydrogen-bond acceptors (Lipinski definition) is 1. The van der Waals surface area contributed by atoms with E-state index in [9.17, 15) is 4.57 Å². The molecule has 0 aliphatic carbocycles. The molecule has 0 saturated carbocycles. The van der Waals surface area contributed by atoms with Gasteiger partial charge in [-0.1, -0.05) is 73.7 Å². The molecule has 19 heavy (non-hydrogen) atoms. The minimum Gasteiger partial charge on any atom is -0.314 e. The zero-order valence-electron chi connectivity index (χ0n) is 11.2. The molecule has 2 heteroatoms. The quantitative estimate of drug-likeness (QED) is 0.596. The SMILES string of the molecule is C=CC(C)CP(=O)(c1ccccc1)c1ccccc1. The maximum absolute atomic E-state index is 13.5. The van der Waals surface area contributed by atoms with Gasteiger partial charge in [0.15, 0.2) is 0 Å². The van der Waals surface area contributed by atoms with E-state index in [0.29, 0.717) is 6.16 Å². The standard InChI is InChI=1S/C17H19OP/c1-3-15(2)14-19(18,16-10-6-4-7-11-16)17-12-8-5-9-13-17/h3-13,15H,1,14H2,2H3. The monoisotopic (exact) mass is 270 g/mol. The van der Waals surface area contributed by atoms with Crippen LogP contribution in [0.5, 0.6) is 0 Å². The maximum Gasteiger partial charge on any atom is 0.143 e. The first kappa shape index (κ1) is 13.8. The Morgan fingerprint density at radius 3 is 1.79 bits per heavy atom. The van der Waals surface area contributed by atoms with Crippen LogP contribution in [-0.4, -0.2) is 6.16 Å². The summed E-state index contributed by atoms with van der Waals surface area (Å²) in [5, 5.41) is 1.85. The van der Waals surface area contributed by atoms with Crippen molar-refractivity contribution in [2.24, 2.45) is 5.92 Å². The van der Waals surface area contributed by atoms with E-state index in [1.165, 1.54) is 0 Å². The fraction of sp³-hybridized carbons (Fsp3) is 0.176. The van der Waals surface area contributed by atoms with Gasteiger partial charge in [-0.2, -0.15) is 0 Å². The second-order valence-electron chi connectivity index (χ2n) is 4.81. The molecule has 0 bridgehead atoms. The molecule has 0 aromatic heterocycles. The number of rotatable bonds is 5. The van der Waals surface area contributed by atoms with Gasteiger partial charge in [0.05, 0.1) is 0 Å². The minimum atomic E-state index is -2.57. The smallest absolute Gasteiger partial charge is 0.143 e. The van der Waals surface area contributed by atoms with Gasteiger partial charge < -0.3 is 4.57 Å². The summed E-state index contributed by atoms with van der Waals surface area (Å²) in [4.78, 5) is 0. The zero-order chi connectivity index (χ0) is 13.7. The fourth-order valence-electron chi connectivity index (χ4n) is 2.18. The third-order valence-corrected chi connectivity index (χ3v) is 6.65. The predicted octanol–water partition coefficient (Wildman–Crippen LogP) is 3.82. The van der Waals surface area contributed by atoms with Crippen molar-refractivity contribution in [1.29, 1.82) is 0 Å². The van der Waals surface area contributed by atoms with Crippen molar-refractivity contribution >= 4 is 17.8 Å². The Kier molecular flexibility index (Phi) is 4.39. The highest BCUT2D eigenvalue weighted by molar-refractivity contribution is 7.78. The highest BCUT2D eigenvalue weighted by Crippen LogP contribution is 2.45. The average molecular weight is 270 g/mol. The van der Waals surface area contributed by atoms with E-state index in [1.807, 2.05) is 66.7 Å². The molecule has 0 aliphatic rings. The van der Waals surface area contributed by atoms with Gasteiger partial charge in [0.1, 0.15) is 7.14 Å². The molecule has 2 aromatic carbocycles. The van der Waals surface area contributed by atoms with Crippen molar-refractivity contribution in [1.82, 2.24) is 0 Å². The Morgan fingerprint density at radius 2 is 1.42 bits per heavy atom. The molecule has 0 saturated heterocycles. The highest BCUT2D eigenvalue weighted by atomic mass is 31.2. The first-order valence-corrected chi connectivity index (χ1v) is 8.39. The Hall–Kier alpha value is -1.59. The number of hydrogen-bond donors (Lipinski definition) is 0. The van der Waals surface area contributed by atoms with Gasteiger partial charge in [-0.05, 0) is 5.92 Å². The van der Waals surface area contributed by atoms with Crippen LogP contribution in [0, 0.1) is 5.92 Å². The molecule has 0 aliphatic heterocycles. The lowest BCUT2D eigenvalue weighted by molar-refractivity contribution is 0.582. The summed E-state index contributed by atoms with van der Waals surface area (Å²) in [6.07, 6.45) is 2.50. The summed E-state index contributed by atoms with van der Waals surface area (Å²) in [5.74, 6) is 0.228. The lowest BCUT2D eigenvalue weighted by Crippen LogP contribution is -2.20. The van der Waals surface area contributed by atoms with Crippen molar-refractivity contribution < 1.29 is 4.57 Å². The number of benzene rings is 2. The van der Waals surface area contributed by atoms with Crippen LogP contribution in [0.25, 0.3) is 0 Å². The highest BCUT2D eigenvalue weighted by Gasteiger charge is 2.28. The molecule has 2 aromatic rings. The normalized spacial score (nSPS) is 12.9. The molecule has 98 valence electrons. The summed E-state index contributed by atoms with van der Waals surface area (Å²) in [6, 6.07) is 19.5. The van der Waals surface area contributed by atoms with E-state index in [2.05, 4.69) is 13.5 Å². The molecule has 1 nitrogen and oxygen atoms in total. The summed E-state index contributed by atoms with van der Waals surface area (Å²) in [5.41, 5.74) is 0. The van der Waals surface area contributed by atoms with Crippen LogP contribution < -0.4 is 10.6 Å². The first-order valence-electron chi connectivity index (χ1n) is 6.49. The molecular formula is C17H19OP. The van der Waals surface area contributed by atoms with Crippen LogP contribution in [0.2, 0.25) is 0 Å². The van der Waals surface area contributed by atoms with Crippen LogP contribution in [0.15, 0.2) is 73.3 Å². The third kappa shape index (κ3) is 3.05. The van der Waals surface area contributed by atoms with Crippen molar-refractivity contribution in [3.63, 3.8) is 0 Å². The average Bonchev–Trinajstić information content (AvgIpc) is 2.48. The predicted molar refractivity (Wildman–Crippen MR) is 84.0 cm³/mol. The van der Waals surface area contributed by atoms with E-state index in [4.69, 9.17) is 0 Å². The van der Waals surface area contributed by atoms with Crippen molar-refractivity contribution in [3.05, 3.63) is 73.3 Å². The van der Waals surface area contributed by atoms with E-state index < -0.39 is 7.14 Å². The van der Waals surface area contributed by atoms with E-state index in [0.717, 1.165) is 10.6 Å². The zero-order valence-corrected chi connectivity index (χ0v) is 12.1. The van der Waals surface area contributed by atoms with Crippen LogP contribution in [0.3, 0.4) is 0 Å². The van der Waals surface area contributed by atoms with Gasteiger partial charge in [0.25, 0.3) is 0 Å². The molecule has 1 unspecified atom stereocenters. The first-order chi connectivity index (χ1) is 9.16. The van der Waals surface area contributed by atoms with Crippen molar-refractivity contribution in [2.45, 2.75) is 6.92 Å². The summed E-state index contributed by atoms with van der Waals surface area (Å²) >= 11 is 0. The number of allylic oxidation sites excluding steroid dienone is 1. The Balaban J connectivity index is 2.51. The Labute approximate surface area is 115 Å². The molecule has 0 spiro atoms. The van der Waals surface area contributed by atoms with Gasteiger partial charge in [-0.15, -0.1) is 6.58 Å². The molecule has 0 amide bonds. The maximum atomic E-state index is 13.5. The summed E-state index contributed by atoms with van der Waals surface area (Å²) in [6.45, 7) is 5.87. The van der Waals surface area contributed by atoms with Crippen LogP contribution in [-0.2, 0) is 4.57 Å². The Morgan fingerprint density at radius 1 is 1.00 bits per heavy atom. The topological polar surface area (TPSA) is 17.1 Å². The second kappa shape index (κ2) is 6.04. The molecule has 1 atom stereocenters. The lowest BCUT2D eigenvalue weighted by Gasteiger charge is -2.21. The van der Waals surface area contributed by atoms with Gasteiger partial charge in [-0.3, -0.25) is 0 Å². The second-order valence-corrected chi connectivity index (χ2v) is 7.68. The van der Waals surface area contributed by atoms with Crippen LogP contribution in [0.1, 0.15) is 6.92 Å². The van der Waals surface area contributed by atoms with Crippen LogP contribution >= 0.6 is 7.14 Å². The molecule has 2 rings (SSSR count). The Bertz CT molecular complexity index is 531. The van der Waals surface area contributed by atoms with Gasteiger partial charge in [0, 0.05) is 16.8 Å².